The Balaban J connectivity index is 2.43. The van der Waals surface area contributed by atoms with Crippen molar-refractivity contribution in [2.24, 2.45) is 0 Å². The molecule has 0 radical (unpaired) electrons. The van der Waals surface area contributed by atoms with Crippen molar-refractivity contribution in [1.29, 1.82) is 0 Å². The van der Waals surface area contributed by atoms with Crippen LogP contribution < -0.4 is 5.32 Å². The molecule has 1 saturated heterocycles. The third-order valence-corrected chi connectivity index (χ3v) is 9.33. The largest absolute Gasteiger partial charge is 0.394 e. The van der Waals surface area contributed by atoms with Gasteiger partial charge in [0.2, 0.25) is 5.91 Å². The first-order valence-electron chi connectivity index (χ1n) is 21.6. The molecule has 0 spiro atoms. The van der Waals surface area contributed by atoms with Gasteiger partial charge in [-0.3, -0.25) is 4.79 Å². The third-order valence-electron chi connectivity index (χ3n) is 9.33. The van der Waals surface area contributed by atoms with Crippen molar-refractivity contribution in [2.75, 3.05) is 13.2 Å². The Morgan fingerprint density at radius 3 is 1.67 bits per heavy atom. The molecular formula is C48H77NO8. The van der Waals surface area contributed by atoms with Gasteiger partial charge in [-0.15, -0.1) is 0 Å². The number of hydrogen-bond donors (Lipinski definition) is 6. The van der Waals surface area contributed by atoms with Gasteiger partial charge in [0, 0.05) is 6.42 Å². The fraction of sp³-hybridized carbons (Fsp3) is 0.604. The minimum absolute atomic E-state index is 0.232. The summed E-state index contributed by atoms with van der Waals surface area (Å²) < 4.78 is 11.1. The summed E-state index contributed by atoms with van der Waals surface area (Å²) in [6.07, 6.45) is 47.1. The van der Waals surface area contributed by atoms with Crippen LogP contribution in [0.2, 0.25) is 0 Å². The molecule has 1 heterocycles. The van der Waals surface area contributed by atoms with Gasteiger partial charge in [-0.05, 0) is 83.5 Å². The molecule has 7 unspecified atom stereocenters. The molecule has 1 amide bonds. The summed E-state index contributed by atoms with van der Waals surface area (Å²) in [5, 5.41) is 53.9. The molecule has 7 atom stereocenters. The first-order valence-corrected chi connectivity index (χ1v) is 21.6. The van der Waals surface area contributed by atoms with Crippen molar-refractivity contribution in [3.05, 3.63) is 109 Å². The van der Waals surface area contributed by atoms with E-state index in [0.717, 1.165) is 70.6 Å². The number of allylic oxidation sites excluding steroid dienone is 17. The van der Waals surface area contributed by atoms with Gasteiger partial charge in [0.05, 0.1) is 25.4 Å². The van der Waals surface area contributed by atoms with Crippen LogP contribution in [0, 0.1) is 0 Å². The predicted octanol–water partition coefficient (Wildman–Crippen LogP) is 8.72. The number of aliphatic hydroxyl groups excluding tert-OH is 5. The maximum absolute atomic E-state index is 12.9. The molecular weight excluding hydrogens is 719 g/mol. The van der Waals surface area contributed by atoms with E-state index in [0.29, 0.717) is 6.42 Å². The lowest BCUT2D eigenvalue weighted by Gasteiger charge is -2.40. The highest BCUT2D eigenvalue weighted by atomic mass is 16.7. The zero-order valence-corrected chi connectivity index (χ0v) is 35.0. The van der Waals surface area contributed by atoms with Gasteiger partial charge < -0.3 is 40.3 Å². The molecule has 0 aliphatic carbocycles. The summed E-state index contributed by atoms with van der Waals surface area (Å²) in [6.45, 7) is 3.54. The highest BCUT2D eigenvalue weighted by molar-refractivity contribution is 5.76. The summed E-state index contributed by atoms with van der Waals surface area (Å²) in [4.78, 5) is 12.9. The molecule has 0 aromatic carbocycles. The molecule has 0 aromatic rings. The maximum atomic E-state index is 12.9. The van der Waals surface area contributed by atoms with E-state index in [9.17, 15) is 30.3 Å². The average molecular weight is 796 g/mol. The molecule has 9 nitrogen and oxygen atoms in total. The van der Waals surface area contributed by atoms with Crippen LogP contribution in [0.5, 0.6) is 0 Å². The van der Waals surface area contributed by atoms with Crippen molar-refractivity contribution >= 4 is 5.91 Å². The van der Waals surface area contributed by atoms with Gasteiger partial charge in [-0.2, -0.15) is 0 Å². The Hall–Kier alpha value is -3.15. The van der Waals surface area contributed by atoms with E-state index in [1.807, 2.05) is 6.08 Å². The van der Waals surface area contributed by atoms with Crippen LogP contribution in [0.4, 0.5) is 0 Å². The summed E-state index contributed by atoms with van der Waals surface area (Å²) in [7, 11) is 0. The summed E-state index contributed by atoms with van der Waals surface area (Å²) in [5.74, 6) is -0.253. The predicted molar refractivity (Wildman–Crippen MR) is 234 cm³/mol. The molecule has 9 heteroatoms. The van der Waals surface area contributed by atoms with Gasteiger partial charge in [-0.1, -0.05) is 149 Å². The second-order valence-corrected chi connectivity index (χ2v) is 14.4. The lowest BCUT2D eigenvalue weighted by Crippen LogP contribution is -2.60. The second kappa shape index (κ2) is 37.1. The number of hydrogen-bond acceptors (Lipinski definition) is 8. The number of amides is 1. The topological polar surface area (TPSA) is 149 Å². The van der Waals surface area contributed by atoms with E-state index in [2.05, 4.69) is 116 Å². The monoisotopic (exact) mass is 796 g/mol. The van der Waals surface area contributed by atoms with Gasteiger partial charge in [0.25, 0.3) is 0 Å². The van der Waals surface area contributed by atoms with Crippen LogP contribution in [-0.2, 0) is 14.3 Å². The van der Waals surface area contributed by atoms with E-state index < -0.39 is 49.5 Å². The van der Waals surface area contributed by atoms with Crippen LogP contribution in [0.3, 0.4) is 0 Å². The molecule has 0 saturated carbocycles. The van der Waals surface area contributed by atoms with Crippen molar-refractivity contribution in [3.8, 4) is 0 Å². The number of carbonyl (C=O) groups is 1. The minimum atomic E-state index is -1.59. The lowest BCUT2D eigenvalue weighted by molar-refractivity contribution is -0.302. The number of aliphatic hydroxyl groups is 5. The molecule has 1 fully saturated rings. The van der Waals surface area contributed by atoms with E-state index in [-0.39, 0.29) is 18.9 Å². The van der Waals surface area contributed by atoms with Crippen LogP contribution >= 0.6 is 0 Å². The van der Waals surface area contributed by atoms with Crippen LogP contribution in [0.15, 0.2) is 109 Å². The number of ether oxygens (including phenoxy) is 2. The molecule has 57 heavy (non-hydrogen) atoms. The van der Waals surface area contributed by atoms with E-state index >= 15 is 0 Å². The SMILES string of the molecule is CC/C=C\C/C=C\C/C=C\C/C=C\C/C=C\C/C=C\C/C=C\CCCC(=O)NC(COC1OC(CO)C(O)C(O)C1O)C(O)/C=C/CC/C=C/CCCCCCC. The molecule has 1 aliphatic heterocycles. The fourth-order valence-electron chi connectivity index (χ4n) is 5.86. The lowest BCUT2D eigenvalue weighted by atomic mass is 9.99. The van der Waals surface area contributed by atoms with Gasteiger partial charge in [0.1, 0.15) is 24.4 Å². The second-order valence-electron chi connectivity index (χ2n) is 14.4. The molecule has 6 N–H and O–H groups in total. The van der Waals surface area contributed by atoms with E-state index in [1.54, 1.807) is 6.08 Å². The quantitative estimate of drug-likeness (QED) is 0.0286. The Labute approximate surface area is 345 Å². The zero-order chi connectivity index (χ0) is 41.6. The Bertz CT molecular complexity index is 1250. The first-order chi connectivity index (χ1) is 27.8. The molecule has 1 aliphatic rings. The van der Waals surface area contributed by atoms with Crippen LogP contribution in [0.1, 0.15) is 129 Å². The highest BCUT2D eigenvalue weighted by Gasteiger charge is 2.44. The fourth-order valence-corrected chi connectivity index (χ4v) is 5.86. The van der Waals surface area contributed by atoms with Gasteiger partial charge in [0.15, 0.2) is 6.29 Å². The number of rotatable bonds is 33. The molecule has 0 bridgehead atoms. The number of nitrogens with one attached hydrogen (secondary N) is 1. The van der Waals surface area contributed by atoms with Crippen LogP contribution in [0.25, 0.3) is 0 Å². The van der Waals surface area contributed by atoms with Crippen molar-refractivity contribution in [1.82, 2.24) is 5.32 Å². The summed E-state index contributed by atoms with van der Waals surface area (Å²) in [5.41, 5.74) is 0. The summed E-state index contributed by atoms with van der Waals surface area (Å²) >= 11 is 0. The van der Waals surface area contributed by atoms with Gasteiger partial charge in [-0.25, -0.2) is 0 Å². The highest BCUT2D eigenvalue weighted by Crippen LogP contribution is 2.22. The molecule has 1 rings (SSSR count). The van der Waals surface area contributed by atoms with Crippen molar-refractivity contribution in [2.45, 2.75) is 172 Å². The zero-order valence-electron chi connectivity index (χ0n) is 35.0. The smallest absolute Gasteiger partial charge is 0.220 e. The Morgan fingerprint density at radius 1 is 0.614 bits per heavy atom. The Kier molecular flexibility index (Phi) is 33.8. The first kappa shape index (κ1) is 51.9. The third kappa shape index (κ3) is 28.0. The van der Waals surface area contributed by atoms with Crippen molar-refractivity contribution < 1.29 is 39.8 Å². The number of carbonyl (C=O) groups excluding carboxylic acids is 1. The number of unbranched alkanes of at least 4 members (excludes halogenated alkanes) is 7. The normalized spacial score (nSPS) is 22.1. The maximum Gasteiger partial charge on any atom is 0.220 e. The van der Waals surface area contributed by atoms with Crippen molar-refractivity contribution in [3.63, 3.8) is 0 Å². The molecule has 0 aromatic heterocycles. The minimum Gasteiger partial charge on any atom is -0.394 e. The van der Waals surface area contributed by atoms with E-state index in [1.165, 1.54) is 32.1 Å². The summed E-state index contributed by atoms with van der Waals surface area (Å²) in [6, 6.07) is -0.858. The Morgan fingerprint density at radius 2 is 1.11 bits per heavy atom. The van der Waals surface area contributed by atoms with E-state index in [4.69, 9.17) is 9.47 Å². The molecule has 322 valence electrons. The van der Waals surface area contributed by atoms with Gasteiger partial charge >= 0.3 is 0 Å². The standard InChI is InChI=1S/C48H77NO8/c1-3-5-7-9-11-13-15-16-17-18-19-20-21-22-23-24-25-26-28-30-32-34-36-38-44(52)49-41(40-56-48-47(55)46(54)45(53)43(39-50)57-48)42(51)37-35-33-31-29-27-14-12-10-8-6-4-2/h5,7,11,13,16-17,19-20,22-23,25-27,29-30,32,35,37,41-43,45-48,50-51,53-55H,3-4,6,8-10,12,14-15,18,21,24,28,31,33-34,36,38-40H2,1-2H3,(H,49,52)/b7-5-,13-11-,17-16-,20-19-,23-22-,26-25-,29-27+,32-30-,37-35+. The average Bonchev–Trinajstić information content (AvgIpc) is 3.21. The van der Waals surface area contributed by atoms with Crippen LogP contribution in [-0.4, -0.2) is 87.5 Å².